The van der Waals surface area contributed by atoms with Crippen molar-refractivity contribution in [3.8, 4) is 11.5 Å². The van der Waals surface area contributed by atoms with E-state index in [9.17, 15) is 0 Å². The van der Waals surface area contributed by atoms with E-state index in [4.69, 9.17) is 14.5 Å². The van der Waals surface area contributed by atoms with Gasteiger partial charge in [-0.25, -0.2) is 4.98 Å². The van der Waals surface area contributed by atoms with E-state index in [1.165, 1.54) is 64.2 Å². The number of para-hydroxylation sites is 2. The molecule has 0 atom stereocenters. The topological polar surface area (TPSA) is 31.4 Å². The number of aromatic nitrogens is 1. The molecule has 0 radical (unpaired) electrons. The first-order chi connectivity index (χ1) is 17.8. The van der Waals surface area contributed by atoms with Gasteiger partial charge in [-0.3, -0.25) is 0 Å². The Morgan fingerprint density at radius 2 is 1.28 bits per heavy atom. The Balaban J connectivity index is 1.65. The van der Waals surface area contributed by atoms with Crippen molar-refractivity contribution < 1.29 is 9.47 Å². The van der Waals surface area contributed by atoms with Crippen LogP contribution in [-0.2, 0) is 0 Å². The first-order valence-electron chi connectivity index (χ1n) is 14.2. The minimum absolute atomic E-state index is 0.721. The molecule has 0 fully saturated rings. The molecule has 0 bridgehead atoms. The number of hydrogen-bond donors (Lipinski definition) is 0. The van der Waals surface area contributed by atoms with Gasteiger partial charge in [0.25, 0.3) is 0 Å². The van der Waals surface area contributed by atoms with E-state index < -0.39 is 0 Å². The molecule has 0 amide bonds. The number of rotatable bonds is 18. The first-order valence-corrected chi connectivity index (χ1v) is 14.2. The third-order valence-electron chi connectivity index (χ3n) is 6.56. The van der Waals surface area contributed by atoms with Crippen LogP contribution in [-0.4, -0.2) is 18.2 Å². The number of fused-ring (bicyclic) bond motifs is 1. The van der Waals surface area contributed by atoms with Gasteiger partial charge >= 0.3 is 0 Å². The zero-order chi connectivity index (χ0) is 25.3. The van der Waals surface area contributed by atoms with Crippen LogP contribution in [0.4, 0.5) is 0 Å². The van der Waals surface area contributed by atoms with E-state index in [2.05, 4.69) is 62.4 Å². The standard InChI is InChI=1S/C33H45NO2/c1-3-5-7-9-11-15-26-35-32-21-17-19-29(33(32)36-27-16-12-10-8-6-4-2)23-25-30-24-22-28-18-13-14-20-31(28)34-30/h13-14,17-25H,3-12,15-16,26-27H2,1-2H3/b25-23+. The highest BCUT2D eigenvalue weighted by Gasteiger charge is 2.10. The lowest BCUT2D eigenvalue weighted by Crippen LogP contribution is -2.04. The van der Waals surface area contributed by atoms with E-state index >= 15 is 0 Å². The summed E-state index contributed by atoms with van der Waals surface area (Å²) in [6, 6.07) is 18.6. The Hall–Kier alpha value is -2.81. The van der Waals surface area contributed by atoms with Gasteiger partial charge in [0.15, 0.2) is 11.5 Å². The van der Waals surface area contributed by atoms with Gasteiger partial charge in [0, 0.05) is 10.9 Å². The summed E-state index contributed by atoms with van der Waals surface area (Å²) in [7, 11) is 0. The molecule has 2 aromatic carbocycles. The van der Waals surface area contributed by atoms with E-state index in [0.29, 0.717) is 0 Å². The predicted molar refractivity (Wildman–Crippen MR) is 155 cm³/mol. The van der Waals surface area contributed by atoms with Gasteiger partial charge in [0.2, 0.25) is 0 Å². The SMILES string of the molecule is CCCCCCCCOc1cccc(/C=C/c2ccc3ccccc3n2)c1OCCCCCCCC. The summed E-state index contributed by atoms with van der Waals surface area (Å²) in [6.45, 7) is 5.97. The third kappa shape index (κ3) is 9.68. The van der Waals surface area contributed by atoms with Gasteiger partial charge < -0.3 is 9.47 Å². The monoisotopic (exact) mass is 487 g/mol. The summed E-state index contributed by atoms with van der Waals surface area (Å²) < 4.78 is 12.6. The van der Waals surface area contributed by atoms with Crippen LogP contribution in [0.1, 0.15) is 102 Å². The maximum Gasteiger partial charge on any atom is 0.168 e. The van der Waals surface area contributed by atoms with Crippen molar-refractivity contribution in [1.29, 1.82) is 0 Å². The van der Waals surface area contributed by atoms with E-state index in [1.807, 2.05) is 18.2 Å². The van der Waals surface area contributed by atoms with E-state index in [-0.39, 0.29) is 0 Å². The molecule has 0 aliphatic heterocycles. The molecule has 0 aliphatic rings. The molecule has 3 nitrogen and oxygen atoms in total. The molecule has 0 spiro atoms. The molecule has 0 saturated carbocycles. The molecule has 3 heteroatoms. The lowest BCUT2D eigenvalue weighted by atomic mass is 10.1. The minimum atomic E-state index is 0.721. The predicted octanol–water partition coefficient (Wildman–Crippen LogP) is 9.88. The van der Waals surface area contributed by atoms with Crippen LogP contribution in [0, 0.1) is 0 Å². The van der Waals surface area contributed by atoms with Gasteiger partial charge in [-0.1, -0.05) is 114 Å². The zero-order valence-electron chi connectivity index (χ0n) is 22.5. The van der Waals surface area contributed by atoms with Crippen LogP contribution < -0.4 is 9.47 Å². The molecular weight excluding hydrogens is 442 g/mol. The molecule has 0 aliphatic carbocycles. The fourth-order valence-corrected chi connectivity index (χ4v) is 4.40. The average molecular weight is 488 g/mol. The van der Waals surface area contributed by atoms with E-state index in [0.717, 1.165) is 59.7 Å². The second kappa shape index (κ2) is 16.8. The molecule has 1 aromatic heterocycles. The number of pyridine rings is 1. The van der Waals surface area contributed by atoms with Crippen molar-refractivity contribution in [2.45, 2.75) is 90.9 Å². The Morgan fingerprint density at radius 3 is 2.03 bits per heavy atom. The summed E-state index contributed by atoms with van der Waals surface area (Å²) in [6.07, 6.45) is 19.2. The van der Waals surface area contributed by atoms with Crippen LogP contribution in [0.2, 0.25) is 0 Å². The number of hydrogen-bond acceptors (Lipinski definition) is 3. The second-order valence-electron chi connectivity index (χ2n) is 9.67. The molecule has 0 N–H and O–H groups in total. The molecule has 0 unspecified atom stereocenters. The summed E-state index contributed by atoms with van der Waals surface area (Å²) in [5.74, 6) is 1.71. The fourth-order valence-electron chi connectivity index (χ4n) is 4.40. The van der Waals surface area contributed by atoms with Crippen molar-refractivity contribution in [2.24, 2.45) is 0 Å². The largest absolute Gasteiger partial charge is 0.490 e. The quantitative estimate of drug-likeness (QED) is 0.167. The molecule has 36 heavy (non-hydrogen) atoms. The van der Waals surface area contributed by atoms with Crippen molar-refractivity contribution in [2.75, 3.05) is 13.2 Å². The number of nitrogens with zero attached hydrogens (tertiary/aromatic N) is 1. The zero-order valence-corrected chi connectivity index (χ0v) is 22.5. The lowest BCUT2D eigenvalue weighted by molar-refractivity contribution is 0.258. The Kier molecular flexibility index (Phi) is 13.0. The maximum absolute atomic E-state index is 6.35. The Bertz CT molecular complexity index is 1040. The summed E-state index contributed by atoms with van der Waals surface area (Å²) in [4.78, 5) is 4.79. The normalized spacial score (nSPS) is 11.4. The summed E-state index contributed by atoms with van der Waals surface area (Å²) in [5.41, 5.74) is 2.99. The van der Waals surface area contributed by atoms with Crippen LogP contribution in [0.3, 0.4) is 0 Å². The number of benzene rings is 2. The molecule has 194 valence electrons. The van der Waals surface area contributed by atoms with Gasteiger partial charge in [0.1, 0.15) is 0 Å². The Morgan fingerprint density at radius 1 is 0.611 bits per heavy atom. The molecule has 1 heterocycles. The van der Waals surface area contributed by atoms with Crippen LogP contribution >= 0.6 is 0 Å². The summed E-state index contributed by atoms with van der Waals surface area (Å²) >= 11 is 0. The van der Waals surface area contributed by atoms with Crippen molar-refractivity contribution in [3.63, 3.8) is 0 Å². The van der Waals surface area contributed by atoms with Gasteiger partial charge in [-0.2, -0.15) is 0 Å². The highest BCUT2D eigenvalue weighted by molar-refractivity contribution is 5.81. The first kappa shape index (κ1) is 27.8. The average Bonchev–Trinajstić information content (AvgIpc) is 2.91. The number of unbranched alkanes of at least 4 members (excludes halogenated alkanes) is 10. The van der Waals surface area contributed by atoms with Gasteiger partial charge in [-0.15, -0.1) is 0 Å². The highest BCUT2D eigenvalue weighted by Crippen LogP contribution is 2.33. The number of ether oxygens (including phenoxy) is 2. The van der Waals surface area contributed by atoms with Crippen LogP contribution in [0.15, 0.2) is 54.6 Å². The van der Waals surface area contributed by atoms with E-state index in [1.54, 1.807) is 0 Å². The Labute approximate surface area is 218 Å². The van der Waals surface area contributed by atoms with Crippen molar-refractivity contribution >= 4 is 23.1 Å². The second-order valence-corrected chi connectivity index (χ2v) is 9.67. The summed E-state index contributed by atoms with van der Waals surface area (Å²) in [5, 5.41) is 1.16. The molecule has 3 aromatic rings. The highest BCUT2D eigenvalue weighted by atomic mass is 16.5. The van der Waals surface area contributed by atoms with Crippen LogP contribution in [0.5, 0.6) is 11.5 Å². The minimum Gasteiger partial charge on any atom is -0.490 e. The van der Waals surface area contributed by atoms with Gasteiger partial charge in [0.05, 0.1) is 24.4 Å². The molecular formula is C33H45NO2. The van der Waals surface area contributed by atoms with Gasteiger partial charge in [-0.05, 0) is 43.2 Å². The smallest absolute Gasteiger partial charge is 0.168 e. The molecule has 0 saturated heterocycles. The third-order valence-corrected chi connectivity index (χ3v) is 6.56. The fraction of sp³-hybridized carbons (Fsp3) is 0.485. The molecule has 3 rings (SSSR count). The van der Waals surface area contributed by atoms with Crippen LogP contribution in [0.25, 0.3) is 23.1 Å². The van der Waals surface area contributed by atoms with Crippen molar-refractivity contribution in [1.82, 2.24) is 4.98 Å². The lowest BCUT2D eigenvalue weighted by Gasteiger charge is -2.15. The van der Waals surface area contributed by atoms with Crippen molar-refractivity contribution in [3.05, 3.63) is 65.9 Å². The maximum atomic E-state index is 6.35.